The van der Waals surface area contributed by atoms with E-state index in [4.69, 9.17) is 5.73 Å². The zero-order valence-electron chi connectivity index (χ0n) is 13.6. The zero-order chi connectivity index (χ0) is 15.7. The minimum absolute atomic E-state index is 0. The van der Waals surface area contributed by atoms with Crippen molar-refractivity contribution in [3.05, 3.63) is 33.2 Å². The number of aromatic nitrogens is 1. The standard InChI is InChI=1S/C17H25N3O2.ClH/c1-11-6-7-20(13(8-11)10-18)17(22)14-9-12-4-2-3-5-15(12)19-16(14)21;/h9,11,13H,2-8,10,18H2,1H3,(H,19,21);1H. The molecule has 5 nitrogen and oxygen atoms in total. The third kappa shape index (κ3) is 3.61. The summed E-state index contributed by atoms with van der Waals surface area (Å²) in [6, 6.07) is 1.87. The highest BCUT2D eigenvalue weighted by atomic mass is 35.5. The summed E-state index contributed by atoms with van der Waals surface area (Å²) in [5, 5.41) is 0. The molecule has 3 rings (SSSR count). The lowest BCUT2D eigenvalue weighted by Gasteiger charge is -2.38. The summed E-state index contributed by atoms with van der Waals surface area (Å²) in [6.07, 6.45) is 5.99. The van der Waals surface area contributed by atoms with Crippen LogP contribution in [0.2, 0.25) is 0 Å². The normalized spacial score (nSPS) is 23.8. The van der Waals surface area contributed by atoms with E-state index in [1.54, 1.807) is 4.90 Å². The highest BCUT2D eigenvalue weighted by Crippen LogP contribution is 2.24. The van der Waals surface area contributed by atoms with Gasteiger partial charge in [0.1, 0.15) is 5.56 Å². The van der Waals surface area contributed by atoms with Gasteiger partial charge in [0.25, 0.3) is 11.5 Å². The van der Waals surface area contributed by atoms with Crippen molar-refractivity contribution in [2.45, 2.75) is 51.5 Å². The number of nitrogens with zero attached hydrogens (tertiary/aromatic N) is 1. The van der Waals surface area contributed by atoms with Gasteiger partial charge in [-0.1, -0.05) is 6.92 Å². The molecule has 1 aliphatic carbocycles. The summed E-state index contributed by atoms with van der Waals surface area (Å²) in [5.41, 5.74) is 8.01. The third-order valence-electron chi connectivity index (χ3n) is 5.08. The monoisotopic (exact) mass is 339 g/mol. The van der Waals surface area contributed by atoms with E-state index >= 15 is 0 Å². The number of fused-ring (bicyclic) bond motifs is 1. The van der Waals surface area contributed by atoms with Crippen molar-refractivity contribution < 1.29 is 4.79 Å². The molecule has 2 unspecified atom stereocenters. The number of amides is 1. The molecule has 1 aliphatic heterocycles. The number of carbonyl (C=O) groups is 1. The number of piperidine rings is 1. The van der Waals surface area contributed by atoms with Gasteiger partial charge in [-0.25, -0.2) is 0 Å². The molecule has 1 saturated heterocycles. The van der Waals surface area contributed by atoms with Crippen LogP contribution in [0.1, 0.15) is 54.2 Å². The SMILES string of the molecule is CC1CCN(C(=O)c2cc3c([nH]c2=O)CCCC3)C(CN)C1.Cl. The van der Waals surface area contributed by atoms with E-state index in [2.05, 4.69) is 11.9 Å². The highest BCUT2D eigenvalue weighted by molar-refractivity contribution is 5.94. The smallest absolute Gasteiger partial charge is 0.261 e. The average Bonchev–Trinajstić information content (AvgIpc) is 2.53. The molecular formula is C17H26ClN3O2. The lowest BCUT2D eigenvalue weighted by molar-refractivity contribution is 0.0571. The van der Waals surface area contributed by atoms with Crippen molar-refractivity contribution in [1.29, 1.82) is 0 Å². The Labute approximate surface area is 143 Å². The van der Waals surface area contributed by atoms with Crippen molar-refractivity contribution in [2.24, 2.45) is 11.7 Å². The number of aryl methyl sites for hydroxylation is 2. The Morgan fingerprint density at radius 3 is 2.87 bits per heavy atom. The summed E-state index contributed by atoms with van der Waals surface area (Å²) in [7, 11) is 0. The van der Waals surface area contributed by atoms with Crippen molar-refractivity contribution in [3.63, 3.8) is 0 Å². The van der Waals surface area contributed by atoms with Crippen LogP contribution >= 0.6 is 12.4 Å². The molecule has 1 fully saturated rings. The molecule has 6 heteroatoms. The van der Waals surface area contributed by atoms with Gasteiger partial charge in [0.15, 0.2) is 0 Å². The second-order valence-corrected chi connectivity index (χ2v) is 6.74. The summed E-state index contributed by atoms with van der Waals surface area (Å²) in [6.45, 7) is 3.34. The second-order valence-electron chi connectivity index (χ2n) is 6.74. The van der Waals surface area contributed by atoms with Crippen LogP contribution in [0.3, 0.4) is 0 Å². The van der Waals surface area contributed by atoms with Crippen LogP contribution in [0.15, 0.2) is 10.9 Å². The van der Waals surface area contributed by atoms with E-state index < -0.39 is 0 Å². The maximum Gasteiger partial charge on any atom is 0.261 e. The second kappa shape index (κ2) is 7.49. The van der Waals surface area contributed by atoms with Gasteiger partial charge in [-0.15, -0.1) is 12.4 Å². The Morgan fingerprint density at radius 1 is 1.39 bits per heavy atom. The molecule has 0 saturated carbocycles. The van der Waals surface area contributed by atoms with Crippen LogP contribution in [0.5, 0.6) is 0 Å². The first kappa shape index (κ1) is 18.0. The molecule has 0 aromatic carbocycles. The van der Waals surface area contributed by atoms with Crippen molar-refractivity contribution in [3.8, 4) is 0 Å². The van der Waals surface area contributed by atoms with Crippen LogP contribution in [0.25, 0.3) is 0 Å². The van der Waals surface area contributed by atoms with Gasteiger partial charge in [-0.2, -0.15) is 0 Å². The number of likely N-dealkylation sites (tertiary alicyclic amines) is 1. The molecular weight excluding hydrogens is 314 g/mol. The maximum atomic E-state index is 12.8. The highest BCUT2D eigenvalue weighted by Gasteiger charge is 2.31. The lowest BCUT2D eigenvalue weighted by atomic mass is 9.91. The molecule has 0 spiro atoms. The Balaban J connectivity index is 0.00000192. The topological polar surface area (TPSA) is 79.2 Å². The summed E-state index contributed by atoms with van der Waals surface area (Å²) in [4.78, 5) is 29.9. The minimum atomic E-state index is -0.250. The van der Waals surface area contributed by atoms with Crippen LogP contribution in [-0.4, -0.2) is 34.9 Å². The number of hydrogen-bond donors (Lipinski definition) is 2. The largest absolute Gasteiger partial charge is 0.334 e. The first-order chi connectivity index (χ1) is 10.6. The van der Waals surface area contributed by atoms with Crippen LogP contribution < -0.4 is 11.3 Å². The van der Waals surface area contributed by atoms with Gasteiger partial charge < -0.3 is 15.6 Å². The van der Waals surface area contributed by atoms with Crippen molar-refractivity contribution >= 4 is 18.3 Å². The molecule has 2 atom stereocenters. The number of aromatic amines is 1. The van der Waals surface area contributed by atoms with Crippen molar-refractivity contribution in [2.75, 3.05) is 13.1 Å². The number of rotatable bonds is 2. The Morgan fingerprint density at radius 2 is 2.13 bits per heavy atom. The van der Waals surface area contributed by atoms with Gasteiger partial charge in [0.2, 0.25) is 0 Å². The van der Waals surface area contributed by atoms with E-state index in [-0.39, 0.29) is 35.5 Å². The maximum absolute atomic E-state index is 12.8. The van der Waals surface area contributed by atoms with E-state index in [0.29, 0.717) is 19.0 Å². The number of hydrogen-bond acceptors (Lipinski definition) is 3. The number of pyridine rings is 1. The van der Waals surface area contributed by atoms with Crippen LogP contribution in [0.4, 0.5) is 0 Å². The Hall–Kier alpha value is -1.33. The van der Waals surface area contributed by atoms with E-state index in [1.807, 2.05) is 6.07 Å². The minimum Gasteiger partial charge on any atom is -0.334 e. The molecule has 23 heavy (non-hydrogen) atoms. The predicted molar refractivity (Wildman–Crippen MR) is 93.2 cm³/mol. The fraction of sp³-hybridized carbons (Fsp3) is 0.647. The molecule has 1 aromatic heterocycles. The molecule has 128 valence electrons. The quantitative estimate of drug-likeness (QED) is 0.863. The Bertz CT molecular complexity index is 629. The molecule has 0 radical (unpaired) electrons. The van der Waals surface area contributed by atoms with Crippen LogP contribution in [0, 0.1) is 5.92 Å². The fourth-order valence-electron chi connectivity index (χ4n) is 3.73. The number of halogens is 1. The molecule has 0 bridgehead atoms. The molecule has 2 aliphatic rings. The Kier molecular flexibility index (Phi) is 5.87. The number of carbonyl (C=O) groups excluding carboxylic acids is 1. The number of nitrogens with two attached hydrogens (primary N) is 1. The van der Waals surface area contributed by atoms with Gasteiger partial charge >= 0.3 is 0 Å². The first-order valence-corrected chi connectivity index (χ1v) is 8.36. The number of nitrogens with one attached hydrogen (secondary N) is 1. The summed E-state index contributed by atoms with van der Waals surface area (Å²) >= 11 is 0. The van der Waals surface area contributed by atoms with E-state index in [0.717, 1.165) is 49.8 Å². The molecule has 3 N–H and O–H groups in total. The lowest BCUT2D eigenvalue weighted by Crippen LogP contribution is -2.50. The van der Waals surface area contributed by atoms with E-state index in [9.17, 15) is 9.59 Å². The van der Waals surface area contributed by atoms with Crippen LogP contribution in [-0.2, 0) is 12.8 Å². The average molecular weight is 340 g/mol. The first-order valence-electron chi connectivity index (χ1n) is 8.36. The molecule has 1 aromatic rings. The van der Waals surface area contributed by atoms with Gasteiger partial charge in [-0.3, -0.25) is 9.59 Å². The molecule has 1 amide bonds. The fourth-order valence-corrected chi connectivity index (χ4v) is 3.73. The van der Waals surface area contributed by atoms with Gasteiger partial charge in [0, 0.05) is 24.8 Å². The van der Waals surface area contributed by atoms with E-state index in [1.165, 1.54) is 0 Å². The zero-order valence-corrected chi connectivity index (χ0v) is 14.5. The summed E-state index contributed by atoms with van der Waals surface area (Å²) < 4.78 is 0. The van der Waals surface area contributed by atoms with Crippen molar-refractivity contribution in [1.82, 2.24) is 9.88 Å². The predicted octanol–water partition coefficient (Wildman–Crippen LogP) is 1.87. The summed E-state index contributed by atoms with van der Waals surface area (Å²) in [5.74, 6) is 0.427. The molecule has 2 heterocycles. The third-order valence-corrected chi connectivity index (χ3v) is 5.08. The van der Waals surface area contributed by atoms with Gasteiger partial charge in [-0.05, 0) is 56.1 Å². The van der Waals surface area contributed by atoms with Gasteiger partial charge in [0.05, 0.1) is 0 Å². The number of H-pyrrole nitrogens is 1.